The maximum absolute atomic E-state index is 11.5. The topological polar surface area (TPSA) is 68.8 Å². The van der Waals surface area contributed by atoms with Crippen LogP contribution < -0.4 is 20.9 Å². The average molecular weight is 473 g/mol. The molecule has 0 aromatic heterocycles. The molecule has 0 aliphatic carbocycles. The van der Waals surface area contributed by atoms with E-state index in [0.717, 1.165) is 31.3 Å². The first-order valence-corrected chi connectivity index (χ1v) is 9.28. The second-order valence-corrected chi connectivity index (χ2v) is 6.35. The Balaban J connectivity index is 0.00000338. The highest BCUT2D eigenvalue weighted by atomic mass is 127. The molecule has 6 nitrogen and oxygen atoms in total. The van der Waals surface area contributed by atoms with Gasteiger partial charge in [-0.2, -0.15) is 0 Å². The maximum atomic E-state index is 11.5. The van der Waals surface area contributed by atoms with Crippen LogP contribution in [-0.2, 0) is 11.3 Å². The monoisotopic (exact) mass is 473 g/mol. The molecule has 0 spiro atoms. The van der Waals surface area contributed by atoms with Crippen LogP contribution in [0.2, 0.25) is 0 Å². The maximum Gasteiger partial charge on any atom is 0.239 e. The zero-order valence-corrected chi connectivity index (χ0v) is 18.2. The summed E-state index contributed by atoms with van der Waals surface area (Å²) in [4.78, 5) is 17.9. The van der Waals surface area contributed by atoms with Gasteiger partial charge in [0.05, 0.1) is 6.54 Å². The number of anilines is 1. The van der Waals surface area contributed by atoms with Crippen molar-refractivity contribution in [2.45, 2.75) is 39.2 Å². The number of halogens is 1. The van der Waals surface area contributed by atoms with Crippen molar-refractivity contribution < 1.29 is 4.79 Å². The van der Waals surface area contributed by atoms with E-state index in [0.29, 0.717) is 13.1 Å². The number of benzene rings is 1. The fourth-order valence-corrected chi connectivity index (χ4v) is 2.85. The Morgan fingerprint density at radius 3 is 2.62 bits per heavy atom. The summed E-state index contributed by atoms with van der Waals surface area (Å²) in [6, 6.07) is 8.36. The first-order valence-electron chi connectivity index (χ1n) is 9.28. The smallest absolute Gasteiger partial charge is 0.239 e. The highest BCUT2D eigenvalue weighted by Crippen LogP contribution is 2.16. The van der Waals surface area contributed by atoms with Crippen LogP contribution in [-0.4, -0.2) is 45.1 Å². The van der Waals surface area contributed by atoms with Crippen LogP contribution in [0.5, 0.6) is 0 Å². The molecule has 7 heteroatoms. The van der Waals surface area contributed by atoms with Gasteiger partial charge in [0, 0.05) is 38.9 Å². The molecule has 1 aromatic carbocycles. The number of hydrogen-bond acceptors (Lipinski definition) is 3. The van der Waals surface area contributed by atoms with Crippen molar-refractivity contribution in [3.63, 3.8) is 0 Å². The molecule has 26 heavy (non-hydrogen) atoms. The normalized spacial score (nSPS) is 14.5. The molecule has 2 rings (SSSR count). The van der Waals surface area contributed by atoms with Crippen LogP contribution in [0.1, 0.15) is 38.2 Å². The van der Waals surface area contributed by atoms with E-state index in [4.69, 9.17) is 0 Å². The lowest BCUT2D eigenvalue weighted by Crippen LogP contribution is -2.47. The fraction of sp³-hybridized carbons (Fsp3) is 0.579. The number of unbranched alkanes of at least 4 members (excludes halogenated alkanes) is 3. The Morgan fingerprint density at radius 1 is 1.19 bits per heavy atom. The minimum atomic E-state index is 0. The van der Waals surface area contributed by atoms with Crippen LogP contribution in [0.25, 0.3) is 0 Å². The predicted molar refractivity (Wildman–Crippen MR) is 119 cm³/mol. The van der Waals surface area contributed by atoms with Crippen molar-refractivity contribution in [1.82, 2.24) is 16.0 Å². The molecule has 1 amide bonds. The third-order valence-electron chi connectivity index (χ3n) is 4.35. The standard InChI is InChI=1S/C19H31N5O.HI/c1-3-4-5-6-11-22-19(20-2)23-14-16-7-9-17(10-8-16)24-13-12-21-18(25)15-24;/h7-10H,3-6,11-15H2,1-2H3,(H,21,25)(H2,20,22,23);1H. The third kappa shape index (κ3) is 7.80. The van der Waals surface area contributed by atoms with Gasteiger partial charge in [0.2, 0.25) is 5.91 Å². The first kappa shape index (κ1) is 22.5. The number of carbonyl (C=O) groups is 1. The van der Waals surface area contributed by atoms with E-state index in [-0.39, 0.29) is 29.9 Å². The van der Waals surface area contributed by atoms with Crippen LogP contribution in [0.3, 0.4) is 0 Å². The van der Waals surface area contributed by atoms with Gasteiger partial charge in [0.1, 0.15) is 0 Å². The Morgan fingerprint density at radius 2 is 1.96 bits per heavy atom. The molecule has 0 saturated carbocycles. The molecule has 1 heterocycles. The molecule has 1 aromatic rings. The number of nitrogens with one attached hydrogen (secondary N) is 3. The quantitative estimate of drug-likeness (QED) is 0.235. The number of amides is 1. The molecule has 1 saturated heterocycles. The molecule has 1 aliphatic heterocycles. The summed E-state index contributed by atoms with van der Waals surface area (Å²) in [7, 11) is 1.80. The Labute approximate surface area is 174 Å². The minimum Gasteiger partial charge on any atom is -0.360 e. The predicted octanol–water partition coefficient (Wildman–Crippen LogP) is 2.49. The number of aliphatic imine (C=N–C) groups is 1. The summed E-state index contributed by atoms with van der Waals surface area (Å²) < 4.78 is 0. The number of carbonyl (C=O) groups excluding carboxylic acids is 1. The number of rotatable bonds is 8. The largest absolute Gasteiger partial charge is 0.360 e. The Bertz CT molecular complexity index is 562. The second-order valence-electron chi connectivity index (χ2n) is 6.35. The van der Waals surface area contributed by atoms with Gasteiger partial charge in [0.15, 0.2) is 5.96 Å². The van der Waals surface area contributed by atoms with Gasteiger partial charge in [-0.25, -0.2) is 0 Å². The van der Waals surface area contributed by atoms with Crippen LogP contribution in [0.15, 0.2) is 29.3 Å². The zero-order valence-electron chi connectivity index (χ0n) is 15.9. The number of hydrogen-bond donors (Lipinski definition) is 3. The second kappa shape index (κ2) is 12.8. The van der Waals surface area contributed by atoms with Gasteiger partial charge < -0.3 is 20.9 Å². The molecule has 0 atom stereocenters. The lowest BCUT2D eigenvalue weighted by molar-refractivity contribution is -0.120. The van der Waals surface area contributed by atoms with Crippen molar-refractivity contribution in [2.75, 3.05) is 38.1 Å². The first-order chi connectivity index (χ1) is 12.2. The van der Waals surface area contributed by atoms with E-state index in [2.05, 4.69) is 57.0 Å². The molecule has 0 radical (unpaired) electrons. The Hall–Kier alpha value is -1.51. The van der Waals surface area contributed by atoms with E-state index in [9.17, 15) is 4.79 Å². The molecule has 146 valence electrons. The van der Waals surface area contributed by atoms with Crippen LogP contribution in [0, 0.1) is 0 Å². The summed E-state index contributed by atoms with van der Waals surface area (Å²) in [6.45, 7) is 5.91. The average Bonchev–Trinajstić information content (AvgIpc) is 2.64. The summed E-state index contributed by atoms with van der Waals surface area (Å²) in [5.41, 5.74) is 2.29. The van der Waals surface area contributed by atoms with Gasteiger partial charge in [0.25, 0.3) is 0 Å². The van der Waals surface area contributed by atoms with Crippen molar-refractivity contribution in [3.05, 3.63) is 29.8 Å². The van der Waals surface area contributed by atoms with Crippen LogP contribution in [0.4, 0.5) is 5.69 Å². The molecule has 1 aliphatic rings. The van der Waals surface area contributed by atoms with E-state index in [1.54, 1.807) is 7.05 Å². The van der Waals surface area contributed by atoms with Crippen molar-refractivity contribution in [3.8, 4) is 0 Å². The molecular weight excluding hydrogens is 441 g/mol. The SMILES string of the molecule is CCCCCCNC(=NC)NCc1ccc(N2CCNC(=O)C2)cc1.I. The molecular formula is C19H32IN5O. The zero-order chi connectivity index (χ0) is 17.9. The number of piperazine rings is 1. The molecule has 3 N–H and O–H groups in total. The lowest BCUT2D eigenvalue weighted by Gasteiger charge is -2.28. The van der Waals surface area contributed by atoms with E-state index < -0.39 is 0 Å². The van der Waals surface area contributed by atoms with Crippen molar-refractivity contribution >= 4 is 41.5 Å². The van der Waals surface area contributed by atoms with E-state index in [1.165, 1.54) is 31.2 Å². The Kier molecular flexibility index (Phi) is 11.1. The van der Waals surface area contributed by atoms with Crippen molar-refractivity contribution in [2.24, 2.45) is 4.99 Å². The minimum absolute atomic E-state index is 0. The number of nitrogens with zero attached hydrogens (tertiary/aromatic N) is 2. The highest BCUT2D eigenvalue weighted by molar-refractivity contribution is 14.0. The fourth-order valence-electron chi connectivity index (χ4n) is 2.85. The van der Waals surface area contributed by atoms with Gasteiger partial charge in [-0.15, -0.1) is 24.0 Å². The molecule has 0 unspecified atom stereocenters. The third-order valence-corrected chi connectivity index (χ3v) is 4.35. The highest BCUT2D eigenvalue weighted by Gasteiger charge is 2.16. The van der Waals surface area contributed by atoms with Gasteiger partial charge in [-0.3, -0.25) is 9.79 Å². The van der Waals surface area contributed by atoms with Crippen molar-refractivity contribution in [1.29, 1.82) is 0 Å². The van der Waals surface area contributed by atoms with Gasteiger partial charge >= 0.3 is 0 Å². The summed E-state index contributed by atoms with van der Waals surface area (Å²) in [6.07, 6.45) is 4.98. The van der Waals surface area contributed by atoms with Gasteiger partial charge in [-0.1, -0.05) is 38.3 Å². The number of guanidine groups is 1. The van der Waals surface area contributed by atoms with E-state index in [1.807, 2.05) is 0 Å². The van der Waals surface area contributed by atoms with Gasteiger partial charge in [-0.05, 0) is 24.1 Å². The lowest BCUT2D eigenvalue weighted by atomic mass is 10.2. The summed E-state index contributed by atoms with van der Waals surface area (Å²) in [5, 5.41) is 9.55. The summed E-state index contributed by atoms with van der Waals surface area (Å²) in [5.74, 6) is 0.930. The van der Waals surface area contributed by atoms with E-state index >= 15 is 0 Å². The molecule has 0 bridgehead atoms. The van der Waals surface area contributed by atoms with Crippen LogP contribution >= 0.6 is 24.0 Å². The molecule has 1 fully saturated rings. The summed E-state index contributed by atoms with van der Waals surface area (Å²) >= 11 is 0.